The minimum absolute atomic E-state index is 0.190. The van der Waals surface area contributed by atoms with E-state index in [9.17, 15) is 9.18 Å². The van der Waals surface area contributed by atoms with E-state index in [2.05, 4.69) is 0 Å². The third-order valence-electron chi connectivity index (χ3n) is 5.33. The van der Waals surface area contributed by atoms with Crippen LogP contribution in [-0.4, -0.2) is 48.5 Å². The van der Waals surface area contributed by atoms with Crippen molar-refractivity contribution in [3.8, 4) is 0 Å². The van der Waals surface area contributed by atoms with Gasteiger partial charge in [0.2, 0.25) is 0 Å². The topological polar surface area (TPSA) is 48.0 Å². The second-order valence-corrected chi connectivity index (χ2v) is 9.63. The molecule has 28 heavy (non-hydrogen) atoms. The summed E-state index contributed by atoms with van der Waals surface area (Å²) >= 11 is 0. The first kappa shape index (κ1) is 22.7. The Hall–Kier alpha value is -1.60. The van der Waals surface area contributed by atoms with Crippen molar-refractivity contribution in [2.45, 2.75) is 78.1 Å². The number of halogens is 1. The predicted octanol–water partition coefficient (Wildman–Crippen LogP) is 4.10. The molecule has 5 nitrogen and oxygen atoms in total. The van der Waals surface area contributed by atoms with Crippen LogP contribution in [0.3, 0.4) is 0 Å². The summed E-state index contributed by atoms with van der Waals surface area (Å²) in [5, 5.41) is 0. The highest BCUT2D eigenvalue weighted by Crippen LogP contribution is 2.36. The van der Waals surface area contributed by atoms with Gasteiger partial charge in [0.05, 0.1) is 11.2 Å². The minimum atomic E-state index is -0.603. The average Bonchev–Trinajstić information content (AvgIpc) is 2.73. The van der Waals surface area contributed by atoms with E-state index in [0.29, 0.717) is 17.6 Å². The molecule has 1 heterocycles. The number of likely N-dealkylation sites (N-methyl/N-ethyl adjacent to an activating group) is 1. The van der Waals surface area contributed by atoms with Gasteiger partial charge in [0.25, 0.3) is 0 Å². The Labute approximate surface area is 168 Å². The van der Waals surface area contributed by atoms with Crippen molar-refractivity contribution in [2.24, 2.45) is 0 Å². The summed E-state index contributed by atoms with van der Waals surface area (Å²) in [5.74, 6) is -0.526. The van der Waals surface area contributed by atoms with E-state index in [1.165, 1.54) is 11.0 Å². The molecule has 156 valence electrons. The number of benzene rings is 1. The third-order valence-corrected chi connectivity index (χ3v) is 5.33. The molecule has 0 aliphatic carbocycles. The highest BCUT2D eigenvalue weighted by atomic mass is 19.1. The summed E-state index contributed by atoms with van der Waals surface area (Å²) in [6.45, 7) is 15.5. The molecule has 0 saturated carbocycles. The molecule has 1 atom stereocenters. The first-order valence-corrected chi connectivity index (χ1v) is 9.72. The predicted molar refractivity (Wildman–Crippen MR) is 109 cm³/mol. The van der Waals surface area contributed by atoms with Crippen molar-refractivity contribution in [1.29, 1.82) is 0 Å². The van der Waals surface area contributed by atoms with Crippen LogP contribution in [0.4, 0.5) is 9.18 Å². The van der Waals surface area contributed by atoms with Gasteiger partial charge in [0.15, 0.2) is 0 Å². The summed E-state index contributed by atoms with van der Waals surface area (Å²) in [4.78, 5) is 13.6. The summed E-state index contributed by atoms with van der Waals surface area (Å²) in [5.41, 5.74) is -0.333. The highest BCUT2D eigenvalue weighted by molar-refractivity contribution is 6.62. The van der Waals surface area contributed by atoms with Crippen molar-refractivity contribution in [2.75, 3.05) is 13.6 Å². The summed E-state index contributed by atoms with van der Waals surface area (Å²) in [7, 11) is 1.05. The van der Waals surface area contributed by atoms with Crippen LogP contribution >= 0.6 is 0 Å². The van der Waals surface area contributed by atoms with E-state index in [1.54, 1.807) is 13.1 Å². The van der Waals surface area contributed by atoms with Crippen LogP contribution in [0.2, 0.25) is 0 Å². The molecule has 7 heteroatoms. The molecule has 1 fully saturated rings. The average molecular weight is 393 g/mol. The molecule has 0 N–H and O–H groups in total. The molecule has 1 unspecified atom stereocenters. The second-order valence-electron chi connectivity index (χ2n) is 9.63. The number of hydrogen-bond donors (Lipinski definition) is 0. The van der Waals surface area contributed by atoms with Gasteiger partial charge in [0, 0.05) is 19.5 Å². The first-order chi connectivity index (χ1) is 12.6. The zero-order chi connectivity index (χ0) is 21.5. The van der Waals surface area contributed by atoms with Crippen LogP contribution in [0.1, 0.15) is 66.9 Å². The molecule has 1 aromatic rings. The molecule has 2 rings (SSSR count). The van der Waals surface area contributed by atoms with Gasteiger partial charge in [-0.05, 0) is 65.6 Å². The highest BCUT2D eigenvalue weighted by Gasteiger charge is 2.51. The van der Waals surface area contributed by atoms with E-state index in [4.69, 9.17) is 14.0 Å². The Morgan fingerprint density at radius 2 is 1.75 bits per heavy atom. The monoisotopic (exact) mass is 393 g/mol. The van der Waals surface area contributed by atoms with Crippen LogP contribution < -0.4 is 5.46 Å². The second kappa shape index (κ2) is 7.67. The normalized spacial score (nSPS) is 19.4. The molecular weight excluding hydrogens is 360 g/mol. The van der Waals surface area contributed by atoms with Gasteiger partial charge in [-0.25, -0.2) is 9.18 Å². The fraction of sp³-hybridized carbons (Fsp3) is 0.667. The van der Waals surface area contributed by atoms with Crippen LogP contribution in [0.15, 0.2) is 18.2 Å². The van der Waals surface area contributed by atoms with Crippen molar-refractivity contribution < 1.29 is 23.2 Å². The number of amides is 1. The lowest BCUT2D eigenvalue weighted by molar-refractivity contribution is 0.00578. The first-order valence-electron chi connectivity index (χ1n) is 9.72. The minimum Gasteiger partial charge on any atom is -0.444 e. The Morgan fingerprint density at radius 3 is 2.21 bits per heavy atom. The van der Waals surface area contributed by atoms with E-state index >= 15 is 0 Å². The molecule has 1 aliphatic heterocycles. The van der Waals surface area contributed by atoms with Crippen molar-refractivity contribution in [3.05, 3.63) is 29.6 Å². The SMILES string of the molecule is CC(CN(C)C(=O)OC(C)(C)C)c1ccc(B2OC(C)(C)C(C)(C)O2)cc1F. The largest absolute Gasteiger partial charge is 0.494 e. The van der Waals surface area contributed by atoms with Gasteiger partial charge in [-0.2, -0.15) is 0 Å². The molecule has 0 aromatic heterocycles. The smallest absolute Gasteiger partial charge is 0.444 e. The van der Waals surface area contributed by atoms with Gasteiger partial charge < -0.3 is 18.9 Å². The maximum atomic E-state index is 14.8. The lowest BCUT2D eigenvalue weighted by Crippen LogP contribution is -2.41. The Morgan fingerprint density at radius 1 is 1.21 bits per heavy atom. The van der Waals surface area contributed by atoms with Crippen molar-refractivity contribution in [3.63, 3.8) is 0 Å². The summed E-state index contributed by atoms with van der Waals surface area (Å²) in [6, 6.07) is 5.02. The van der Waals surface area contributed by atoms with Gasteiger partial charge in [-0.1, -0.05) is 19.1 Å². The molecular formula is C21H33BFNO4. The molecule has 1 aliphatic rings. The number of carbonyl (C=O) groups excluding carboxylic acids is 1. The fourth-order valence-electron chi connectivity index (χ4n) is 2.99. The fourth-order valence-corrected chi connectivity index (χ4v) is 2.99. The molecule has 1 saturated heterocycles. The third kappa shape index (κ3) is 5.06. The van der Waals surface area contributed by atoms with Crippen molar-refractivity contribution in [1.82, 2.24) is 4.90 Å². The van der Waals surface area contributed by atoms with Gasteiger partial charge in [-0.3, -0.25) is 0 Å². The lowest BCUT2D eigenvalue weighted by Gasteiger charge is -2.32. The van der Waals surface area contributed by atoms with Gasteiger partial charge >= 0.3 is 13.2 Å². The Kier molecular flexibility index (Phi) is 6.22. The number of ether oxygens (including phenoxy) is 1. The quantitative estimate of drug-likeness (QED) is 0.723. The maximum absolute atomic E-state index is 14.8. The zero-order valence-corrected chi connectivity index (χ0v) is 18.6. The molecule has 1 amide bonds. The number of hydrogen-bond acceptors (Lipinski definition) is 4. The number of carbonyl (C=O) groups is 1. The van der Waals surface area contributed by atoms with Gasteiger partial charge in [-0.15, -0.1) is 0 Å². The molecule has 0 spiro atoms. The molecule has 1 aromatic carbocycles. The van der Waals surface area contributed by atoms with Crippen LogP contribution in [-0.2, 0) is 14.0 Å². The Bertz CT molecular complexity index is 714. The van der Waals surface area contributed by atoms with Crippen molar-refractivity contribution >= 4 is 18.7 Å². The number of nitrogens with zero attached hydrogens (tertiary/aromatic N) is 1. The maximum Gasteiger partial charge on any atom is 0.494 e. The number of rotatable bonds is 4. The summed E-state index contributed by atoms with van der Waals surface area (Å²) in [6.07, 6.45) is -0.423. The van der Waals surface area contributed by atoms with E-state index in [-0.39, 0.29) is 11.7 Å². The zero-order valence-electron chi connectivity index (χ0n) is 18.6. The lowest BCUT2D eigenvalue weighted by atomic mass is 9.78. The van der Waals surface area contributed by atoms with Gasteiger partial charge in [0.1, 0.15) is 11.4 Å². The molecule has 0 radical (unpaired) electrons. The van der Waals surface area contributed by atoms with E-state index in [0.717, 1.165) is 0 Å². The Balaban J connectivity index is 2.09. The van der Waals surface area contributed by atoms with Crippen LogP contribution in [0.25, 0.3) is 0 Å². The van der Waals surface area contributed by atoms with Crippen LogP contribution in [0.5, 0.6) is 0 Å². The standard InChI is InChI=1S/C21H33BFNO4/c1-14(13-24(9)18(25)26-19(2,3)4)16-11-10-15(12-17(16)23)22-27-20(5,6)21(7,8)28-22/h10-12,14H,13H2,1-9H3. The van der Waals surface area contributed by atoms with E-state index < -0.39 is 30.0 Å². The van der Waals surface area contributed by atoms with Crippen LogP contribution in [0, 0.1) is 5.82 Å². The van der Waals surface area contributed by atoms with E-state index in [1.807, 2.05) is 61.5 Å². The summed E-state index contributed by atoms with van der Waals surface area (Å²) < 4.78 is 32.1. The molecule has 0 bridgehead atoms.